The van der Waals surface area contributed by atoms with E-state index in [9.17, 15) is 39.7 Å². The van der Waals surface area contributed by atoms with E-state index in [1.807, 2.05) is 0 Å². The molecular formula is C20H18N3Na2O11S3+. The molecule has 0 saturated carbocycles. The van der Waals surface area contributed by atoms with E-state index in [4.69, 9.17) is 4.55 Å². The number of carbonyl (C=O) groups excluding carboxylic acids is 1. The minimum Gasteiger partial charge on any atom is -0.744 e. The van der Waals surface area contributed by atoms with E-state index in [1.54, 1.807) is 0 Å². The molecule has 3 rings (SSSR count). The topological polar surface area (TPSA) is 229 Å². The average molecular weight is 619 g/mol. The first kappa shape index (κ1) is 35.5. The second-order valence-electron chi connectivity index (χ2n) is 7.41. The van der Waals surface area contributed by atoms with Crippen molar-refractivity contribution in [2.75, 3.05) is 17.7 Å². The van der Waals surface area contributed by atoms with Crippen molar-refractivity contribution in [1.82, 2.24) is 0 Å². The van der Waals surface area contributed by atoms with E-state index in [-0.39, 0.29) is 86.2 Å². The zero-order valence-electron chi connectivity index (χ0n) is 20.7. The Kier molecular flexibility index (Phi) is 12.7. The monoisotopic (exact) mass is 618 g/mol. The van der Waals surface area contributed by atoms with Crippen molar-refractivity contribution in [3.63, 3.8) is 0 Å². The third kappa shape index (κ3) is 9.83. The summed E-state index contributed by atoms with van der Waals surface area (Å²) in [5.74, 6) is -1.85. The molecule has 39 heavy (non-hydrogen) atoms. The van der Waals surface area contributed by atoms with Crippen LogP contribution in [0.4, 0.5) is 17.1 Å². The molecule has 0 spiro atoms. The fraction of sp³-hybridized carbons (Fsp3) is 0.150. The number of benzene rings is 3. The molecule has 0 aliphatic heterocycles. The molecule has 0 heterocycles. The zero-order valence-corrected chi connectivity index (χ0v) is 27.2. The molecule has 0 aliphatic carbocycles. The smallest absolute Gasteiger partial charge is 0.744 e. The van der Waals surface area contributed by atoms with Crippen molar-refractivity contribution in [2.45, 2.75) is 16.7 Å². The van der Waals surface area contributed by atoms with Gasteiger partial charge in [0.15, 0.2) is 15.6 Å². The van der Waals surface area contributed by atoms with Gasteiger partial charge in [-0.15, -0.1) is 5.11 Å². The van der Waals surface area contributed by atoms with E-state index in [0.717, 1.165) is 18.2 Å². The van der Waals surface area contributed by atoms with Crippen LogP contribution in [0.5, 0.6) is 5.75 Å². The van der Waals surface area contributed by atoms with E-state index in [1.165, 1.54) is 37.3 Å². The van der Waals surface area contributed by atoms with Crippen LogP contribution < -0.4 is 64.4 Å². The molecule has 0 unspecified atom stereocenters. The van der Waals surface area contributed by atoms with E-state index in [2.05, 4.69) is 19.7 Å². The summed E-state index contributed by atoms with van der Waals surface area (Å²) >= 11 is 0. The number of phenols is 1. The van der Waals surface area contributed by atoms with Crippen molar-refractivity contribution < 1.29 is 108 Å². The SMILES string of the molecule is CC(=O)Nc1ccc2cc(S(=O)(=O)[O-])c(N=Nc3ccc(S(=O)(=O)CCOS(=O)(=O)O)cc3)c(O)c2c1.[Na+].[Na+]. The third-order valence-electron chi connectivity index (χ3n) is 4.69. The van der Waals surface area contributed by atoms with Crippen LogP contribution in [0, 0.1) is 0 Å². The molecule has 19 heteroatoms. The Hall–Kier alpha value is -1.48. The number of fused-ring (bicyclic) bond motifs is 1. The molecule has 0 aromatic heterocycles. The number of amides is 1. The Morgan fingerprint density at radius 3 is 2.13 bits per heavy atom. The van der Waals surface area contributed by atoms with E-state index < -0.39 is 65.0 Å². The summed E-state index contributed by atoms with van der Waals surface area (Å²) in [6.45, 7) is 0.445. The summed E-state index contributed by atoms with van der Waals surface area (Å²) in [7, 11) is -13.9. The number of nitrogens with zero attached hydrogens (tertiary/aromatic N) is 2. The molecule has 0 saturated heterocycles. The van der Waals surface area contributed by atoms with Gasteiger partial charge in [-0.3, -0.25) is 9.35 Å². The second-order valence-corrected chi connectivity index (χ2v) is 12.0. The molecule has 3 aromatic rings. The van der Waals surface area contributed by atoms with Crippen molar-refractivity contribution in [3.8, 4) is 5.75 Å². The largest absolute Gasteiger partial charge is 1.00 e. The molecule has 3 aromatic carbocycles. The van der Waals surface area contributed by atoms with Gasteiger partial charge < -0.3 is 15.0 Å². The fourth-order valence-electron chi connectivity index (χ4n) is 3.10. The molecule has 0 bridgehead atoms. The molecule has 3 N–H and O–H groups in total. The molecule has 14 nitrogen and oxygen atoms in total. The predicted molar refractivity (Wildman–Crippen MR) is 128 cm³/mol. The van der Waals surface area contributed by atoms with Gasteiger partial charge in [0, 0.05) is 18.0 Å². The van der Waals surface area contributed by atoms with Crippen LogP contribution in [0.3, 0.4) is 0 Å². The third-order valence-corrected chi connectivity index (χ3v) is 7.70. The van der Waals surface area contributed by atoms with Crippen LogP contribution in [0.1, 0.15) is 6.92 Å². The van der Waals surface area contributed by atoms with Crippen molar-refractivity contribution in [1.29, 1.82) is 0 Å². The first-order valence-electron chi connectivity index (χ1n) is 9.96. The van der Waals surface area contributed by atoms with Crippen LogP contribution in [0.15, 0.2) is 68.6 Å². The fourth-order valence-corrected chi connectivity index (χ4v) is 5.24. The van der Waals surface area contributed by atoms with Gasteiger partial charge in [-0.25, -0.2) is 21.0 Å². The number of hydrogen-bond donors (Lipinski definition) is 3. The van der Waals surface area contributed by atoms with Crippen molar-refractivity contribution >= 4 is 64.1 Å². The number of phenolic OH excluding ortho intramolecular Hbond substituents is 1. The summed E-state index contributed by atoms with van der Waals surface area (Å²) < 4.78 is 93.6. The Balaban J connectivity index is 0.00000380. The number of carbonyl (C=O) groups is 1. The van der Waals surface area contributed by atoms with E-state index >= 15 is 0 Å². The first-order chi connectivity index (χ1) is 17.1. The van der Waals surface area contributed by atoms with Gasteiger partial charge >= 0.3 is 69.5 Å². The standard InChI is InChI=1S/C20H19N3O11S3.2Na/c1-12(24)21-15-3-2-13-10-18(36(28,29)30)19(20(25)17(13)11-15)23-22-14-4-6-16(7-5-14)35(26,27)9-8-34-37(31,32)33;;/h2-7,10-11,25H,8-9H2,1H3,(H,21,24)(H,28,29,30)(H,31,32,33);;/q;2*+1/p-1. The summed E-state index contributed by atoms with van der Waals surface area (Å²) in [6, 6.07) is 9.72. The predicted octanol–water partition coefficient (Wildman–Crippen LogP) is -3.58. The molecule has 0 fully saturated rings. The van der Waals surface area contributed by atoms with Crippen LogP contribution in [0.2, 0.25) is 0 Å². The van der Waals surface area contributed by atoms with Gasteiger partial charge in [0.25, 0.3) is 0 Å². The number of hydrogen-bond acceptors (Lipinski definition) is 12. The zero-order chi connectivity index (χ0) is 27.6. The Bertz CT molecular complexity index is 1730. The Labute approximate surface area is 268 Å². The summed E-state index contributed by atoms with van der Waals surface area (Å²) in [4.78, 5) is 10.2. The maximum atomic E-state index is 12.3. The van der Waals surface area contributed by atoms with Crippen molar-refractivity contribution in [3.05, 3.63) is 48.5 Å². The minimum atomic E-state index is -5.11. The molecular weight excluding hydrogens is 600 g/mol. The maximum absolute atomic E-state index is 12.3. The minimum absolute atomic E-state index is 0. The van der Waals surface area contributed by atoms with Gasteiger partial charge in [-0.1, -0.05) is 6.07 Å². The molecule has 0 atom stereocenters. The molecule has 198 valence electrons. The van der Waals surface area contributed by atoms with Crippen LogP contribution in [-0.2, 0) is 39.3 Å². The van der Waals surface area contributed by atoms with Crippen molar-refractivity contribution in [2.24, 2.45) is 10.2 Å². The molecule has 0 radical (unpaired) electrons. The van der Waals surface area contributed by atoms with Gasteiger partial charge in [0.2, 0.25) is 5.91 Å². The number of sulfone groups is 1. The number of anilines is 1. The van der Waals surface area contributed by atoms with Gasteiger partial charge in [-0.2, -0.15) is 13.5 Å². The van der Waals surface area contributed by atoms with Gasteiger partial charge in [-0.05, 0) is 47.9 Å². The van der Waals surface area contributed by atoms with E-state index in [0.29, 0.717) is 0 Å². The van der Waals surface area contributed by atoms with Crippen LogP contribution in [0.25, 0.3) is 10.8 Å². The maximum Gasteiger partial charge on any atom is 1.00 e. The summed E-state index contributed by atoms with van der Waals surface area (Å²) in [5.41, 5.74) is -0.370. The first-order valence-corrected chi connectivity index (χ1v) is 14.4. The van der Waals surface area contributed by atoms with Crippen LogP contribution >= 0.6 is 0 Å². The number of azo groups is 1. The van der Waals surface area contributed by atoms with Crippen LogP contribution in [-0.4, -0.2) is 57.7 Å². The molecule has 0 aliphatic rings. The average Bonchev–Trinajstić information content (AvgIpc) is 2.77. The summed E-state index contributed by atoms with van der Waals surface area (Å²) in [5, 5.41) is 20.9. The second kappa shape index (κ2) is 13.9. The molecule has 1 amide bonds. The summed E-state index contributed by atoms with van der Waals surface area (Å²) in [6.07, 6.45) is 0. The number of nitrogens with one attached hydrogen (secondary N) is 1. The quantitative estimate of drug-likeness (QED) is 0.121. The normalized spacial score (nSPS) is 12.1. The number of aromatic hydroxyl groups is 1. The van der Waals surface area contributed by atoms with Gasteiger partial charge in [0.05, 0.1) is 27.8 Å². The Morgan fingerprint density at radius 1 is 0.974 bits per heavy atom. The number of rotatable bonds is 9. The Morgan fingerprint density at radius 2 is 1.59 bits per heavy atom. The van der Waals surface area contributed by atoms with Gasteiger partial charge in [0.1, 0.15) is 15.8 Å².